The van der Waals surface area contributed by atoms with Crippen molar-refractivity contribution < 1.29 is 13.9 Å². The average Bonchev–Trinajstić information content (AvgIpc) is 2.31. The fraction of sp³-hybridized carbons (Fsp3) is 0.231. The van der Waals surface area contributed by atoms with Gasteiger partial charge in [0.1, 0.15) is 5.58 Å². The number of benzene rings is 1. The van der Waals surface area contributed by atoms with E-state index in [1.54, 1.807) is 31.2 Å². The minimum atomic E-state index is -0.527. The molecule has 0 aliphatic rings. The van der Waals surface area contributed by atoms with Crippen LogP contribution in [0.15, 0.2) is 33.5 Å². The SMILES string of the molecule is CCOC(=O)Cc1cc2cc(N)ccc2oc1=O. The molecular formula is C13H13NO4. The first-order valence-corrected chi connectivity index (χ1v) is 5.58. The molecule has 0 spiro atoms. The first kappa shape index (κ1) is 12.2. The summed E-state index contributed by atoms with van der Waals surface area (Å²) >= 11 is 0. The quantitative estimate of drug-likeness (QED) is 0.504. The Morgan fingerprint density at radius 2 is 2.17 bits per heavy atom. The van der Waals surface area contributed by atoms with Crippen LogP contribution in [0.25, 0.3) is 11.0 Å². The lowest BCUT2D eigenvalue weighted by Crippen LogP contribution is -2.15. The number of anilines is 1. The third-order valence-electron chi connectivity index (χ3n) is 2.47. The molecule has 0 saturated heterocycles. The first-order valence-electron chi connectivity index (χ1n) is 5.58. The van der Waals surface area contributed by atoms with Gasteiger partial charge < -0.3 is 14.9 Å². The van der Waals surface area contributed by atoms with Crippen LogP contribution >= 0.6 is 0 Å². The molecule has 0 bridgehead atoms. The summed E-state index contributed by atoms with van der Waals surface area (Å²) in [5.74, 6) is -0.451. The number of nitrogens with two attached hydrogens (primary N) is 1. The van der Waals surface area contributed by atoms with Gasteiger partial charge in [-0.05, 0) is 31.2 Å². The molecule has 2 rings (SSSR count). The van der Waals surface area contributed by atoms with Gasteiger partial charge in [0.25, 0.3) is 0 Å². The zero-order chi connectivity index (χ0) is 13.1. The summed E-state index contributed by atoms with van der Waals surface area (Å²) in [7, 11) is 0. The van der Waals surface area contributed by atoms with Crippen molar-refractivity contribution in [3.05, 3.63) is 40.2 Å². The highest BCUT2D eigenvalue weighted by Crippen LogP contribution is 2.17. The minimum Gasteiger partial charge on any atom is -0.466 e. The van der Waals surface area contributed by atoms with Gasteiger partial charge in [-0.25, -0.2) is 4.79 Å². The van der Waals surface area contributed by atoms with Crippen LogP contribution in [-0.2, 0) is 16.0 Å². The lowest BCUT2D eigenvalue weighted by molar-refractivity contribution is -0.142. The smallest absolute Gasteiger partial charge is 0.340 e. The average molecular weight is 247 g/mol. The van der Waals surface area contributed by atoms with E-state index in [4.69, 9.17) is 14.9 Å². The molecule has 0 amide bonds. The van der Waals surface area contributed by atoms with Crippen molar-refractivity contribution in [2.45, 2.75) is 13.3 Å². The highest BCUT2D eigenvalue weighted by Gasteiger charge is 2.10. The molecule has 18 heavy (non-hydrogen) atoms. The predicted octanol–water partition coefficient (Wildman–Crippen LogP) is 1.48. The van der Waals surface area contributed by atoms with Crippen LogP contribution < -0.4 is 11.4 Å². The second-order valence-electron chi connectivity index (χ2n) is 3.84. The van der Waals surface area contributed by atoms with E-state index in [0.717, 1.165) is 0 Å². The maximum Gasteiger partial charge on any atom is 0.340 e. The second-order valence-corrected chi connectivity index (χ2v) is 3.84. The van der Waals surface area contributed by atoms with Gasteiger partial charge in [0.15, 0.2) is 0 Å². The largest absolute Gasteiger partial charge is 0.466 e. The van der Waals surface area contributed by atoms with E-state index < -0.39 is 11.6 Å². The standard InChI is InChI=1S/C13H13NO4/c1-2-17-12(15)7-9-5-8-6-10(14)3-4-11(8)18-13(9)16/h3-6H,2,7,14H2,1H3. The minimum absolute atomic E-state index is 0.0963. The summed E-state index contributed by atoms with van der Waals surface area (Å²) in [6, 6.07) is 6.57. The van der Waals surface area contributed by atoms with E-state index in [0.29, 0.717) is 16.7 Å². The van der Waals surface area contributed by atoms with Gasteiger partial charge >= 0.3 is 11.6 Å². The fourth-order valence-corrected chi connectivity index (χ4v) is 1.68. The van der Waals surface area contributed by atoms with Crippen LogP contribution in [0.3, 0.4) is 0 Å². The van der Waals surface area contributed by atoms with Crippen LogP contribution in [0.1, 0.15) is 12.5 Å². The normalized spacial score (nSPS) is 10.5. The highest BCUT2D eigenvalue weighted by atomic mass is 16.5. The lowest BCUT2D eigenvalue weighted by atomic mass is 10.1. The third-order valence-corrected chi connectivity index (χ3v) is 2.47. The molecule has 5 heteroatoms. The Morgan fingerprint density at radius 1 is 1.39 bits per heavy atom. The van der Waals surface area contributed by atoms with Gasteiger partial charge in [-0.1, -0.05) is 0 Å². The van der Waals surface area contributed by atoms with Crippen LogP contribution in [0.2, 0.25) is 0 Å². The third kappa shape index (κ3) is 2.51. The van der Waals surface area contributed by atoms with E-state index in [1.165, 1.54) is 0 Å². The van der Waals surface area contributed by atoms with Gasteiger partial charge in [-0.2, -0.15) is 0 Å². The molecule has 94 valence electrons. The van der Waals surface area contributed by atoms with Gasteiger partial charge in [0, 0.05) is 16.6 Å². The fourth-order valence-electron chi connectivity index (χ4n) is 1.68. The predicted molar refractivity (Wildman–Crippen MR) is 67.2 cm³/mol. The molecule has 2 N–H and O–H groups in total. The number of nitrogen functional groups attached to an aromatic ring is 1. The molecule has 1 aromatic carbocycles. The molecule has 0 atom stereocenters. The van der Waals surface area contributed by atoms with Crippen molar-refractivity contribution in [1.29, 1.82) is 0 Å². The molecule has 5 nitrogen and oxygen atoms in total. The summed E-state index contributed by atoms with van der Waals surface area (Å²) in [5, 5.41) is 0.689. The summed E-state index contributed by atoms with van der Waals surface area (Å²) in [4.78, 5) is 23.0. The molecule has 0 unspecified atom stereocenters. The second kappa shape index (κ2) is 4.91. The Balaban J connectivity index is 2.42. The number of rotatable bonds is 3. The maximum absolute atomic E-state index is 11.7. The van der Waals surface area contributed by atoms with Crippen LogP contribution in [-0.4, -0.2) is 12.6 Å². The van der Waals surface area contributed by atoms with Crippen LogP contribution in [0.5, 0.6) is 0 Å². The van der Waals surface area contributed by atoms with E-state index in [1.807, 2.05) is 0 Å². The number of carbonyl (C=O) groups excluding carboxylic acids is 1. The monoisotopic (exact) mass is 247 g/mol. The van der Waals surface area contributed by atoms with E-state index in [-0.39, 0.29) is 18.6 Å². The van der Waals surface area contributed by atoms with Crippen LogP contribution in [0.4, 0.5) is 5.69 Å². The Morgan fingerprint density at radius 3 is 2.89 bits per heavy atom. The Labute approximate surface area is 103 Å². The molecule has 0 aliphatic carbocycles. The van der Waals surface area contributed by atoms with E-state index in [2.05, 4.69) is 0 Å². The van der Waals surface area contributed by atoms with Crippen molar-refractivity contribution >= 4 is 22.6 Å². The Kier molecular flexibility index (Phi) is 3.32. The van der Waals surface area contributed by atoms with Gasteiger partial charge in [-0.15, -0.1) is 0 Å². The van der Waals surface area contributed by atoms with E-state index >= 15 is 0 Å². The Bertz CT molecular complexity index is 645. The van der Waals surface area contributed by atoms with Gasteiger partial charge in [-0.3, -0.25) is 4.79 Å². The molecule has 0 fully saturated rings. The Hall–Kier alpha value is -2.30. The molecule has 1 heterocycles. The van der Waals surface area contributed by atoms with Gasteiger partial charge in [0.2, 0.25) is 0 Å². The number of fused-ring (bicyclic) bond motifs is 1. The molecule has 0 radical (unpaired) electrons. The van der Waals surface area contributed by atoms with E-state index in [9.17, 15) is 9.59 Å². The lowest BCUT2D eigenvalue weighted by Gasteiger charge is -2.03. The van der Waals surface area contributed by atoms with Crippen molar-refractivity contribution in [3.63, 3.8) is 0 Å². The van der Waals surface area contributed by atoms with Crippen molar-refractivity contribution in [2.75, 3.05) is 12.3 Å². The van der Waals surface area contributed by atoms with Crippen molar-refractivity contribution in [3.8, 4) is 0 Å². The van der Waals surface area contributed by atoms with Crippen molar-refractivity contribution in [1.82, 2.24) is 0 Å². The summed E-state index contributed by atoms with van der Waals surface area (Å²) in [6.07, 6.45) is -0.0963. The number of hydrogen-bond donors (Lipinski definition) is 1. The maximum atomic E-state index is 11.7. The molecular weight excluding hydrogens is 234 g/mol. The summed E-state index contributed by atoms with van der Waals surface area (Å²) < 4.78 is 9.90. The van der Waals surface area contributed by atoms with Gasteiger partial charge in [0.05, 0.1) is 13.0 Å². The summed E-state index contributed by atoms with van der Waals surface area (Å²) in [5.41, 5.74) is 6.41. The zero-order valence-electron chi connectivity index (χ0n) is 9.93. The van der Waals surface area contributed by atoms with Crippen molar-refractivity contribution in [2.24, 2.45) is 0 Å². The number of esters is 1. The zero-order valence-corrected chi connectivity index (χ0v) is 9.93. The number of ether oxygens (including phenoxy) is 1. The molecule has 1 aromatic heterocycles. The molecule has 0 saturated carbocycles. The molecule has 2 aromatic rings. The number of hydrogen-bond acceptors (Lipinski definition) is 5. The highest BCUT2D eigenvalue weighted by molar-refractivity contribution is 5.81. The van der Waals surface area contributed by atoms with Crippen LogP contribution in [0, 0.1) is 0 Å². The number of carbonyl (C=O) groups is 1. The first-order chi connectivity index (χ1) is 8.60. The molecule has 0 aliphatic heterocycles. The summed E-state index contributed by atoms with van der Waals surface area (Å²) in [6.45, 7) is 1.99. The topological polar surface area (TPSA) is 82.5 Å².